The first-order valence-corrected chi connectivity index (χ1v) is 6.63. The summed E-state index contributed by atoms with van der Waals surface area (Å²) >= 11 is 11.7. The van der Waals surface area contributed by atoms with Crippen LogP contribution in [-0.4, -0.2) is 10.8 Å². The fourth-order valence-electron chi connectivity index (χ4n) is 1.69. The third-order valence-corrected chi connectivity index (χ3v) is 3.40. The Morgan fingerprint density at radius 3 is 2.50 bits per heavy atom. The second-order valence-corrected chi connectivity index (χ2v) is 5.00. The van der Waals surface area contributed by atoms with E-state index >= 15 is 0 Å². The molecule has 0 saturated carbocycles. The number of anilines is 1. The highest BCUT2D eigenvalue weighted by Gasteiger charge is 2.15. The van der Waals surface area contributed by atoms with Gasteiger partial charge in [-0.3, -0.25) is 14.9 Å². The lowest BCUT2D eigenvalue weighted by Crippen LogP contribution is -2.12. The van der Waals surface area contributed by atoms with Crippen LogP contribution in [0.25, 0.3) is 0 Å². The second kappa shape index (κ2) is 6.43. The van der Waals surface area contributed by atoms with Crippen molar-refractivity contribution in [2.45, 2.75) is 0 Å². The highest BCUT2D eigenvalue weighted by molar-refractivity contribution is 6.34. The quantitative estimate of drug-likeness (QED) is 0.676. The van der Waals surface area contributed by atoms with Gasteiger partial charge in [-0.05, 0) is 24.3 Å². The van der Waals surface area contributed by atoms with Crippen molar-refractivity contribution < 1.29 is 9.72 Å². The molecule has 1 amide bonds. The van der Waals surface area contributed by atoms with Crippen LogP contribution in [0.15, 0.2) is 36.4 Å². The molecule has 0 heterocycles. The molecule has 0 radical (unpaired) electrons. The number of nitriles is 1. The fourth-order valence-corrected chi connectivity index (χ4v) is 2.11. The predicted molar refractivity (Wildman–Crippen MR) is 82.2 cm³/mol. The van der Waals surface area contributed by atoms with E-state index in [-0.39, 0.29) is 26.9 Å². The SMILES string of the molecule is N#Cc1cc(NC(=O)c2ccc([N+](=O)[O-])cc2Cl)ccc1Cl. The Kier molecular flexibility index (Phi) is 4.61. The van der Waals surface area contributed by atoms with Crippen molar-refractivity contribution in [1.29, 1.82) is 5.26 Å². The summed E-state index contributed by atoms with van der Waals surface area (Å²) in [4.78, 5) is 22.1. The lowest BCUT2D eigenvalue weighted by atomic mass is 10.1. The topological polar surface area (TPSA) is 96.0 Å². The first-order chi connectivity index (χ1) is 10.4. The average Bonchev–Trinajstić information content (AvgIpc) is 2.48. The number of non-ortho nitro benzene ring substituents is 1. The molecule has 0 spiro atoms. The summed E-state index contributed by atoms with van der Waals surface area (Å²) in [6, 6.07) is 9.86. The van der Waals surface area contributed by atoms with Gasteiger partial charge in [-0.15, -0.1) is 0 Å². The van der Waals surface area contributed by atoms with Crippen LogP contribution in [0.3, 0.4) is 0 Å². The van der Waals surface area contributed by atoms with E-state index in [2.05, 4.69) is 5.32 Å². The molecule has 0 unspecified atom stereocenters. The predicted octanol–water partition coefficient (Wildman–Crippen LogP) is 4.03. The number of nitrogens with zero attached hydrogens (tertiary/aromatic N) is 2. The van der Waals surface area contributed by atoms with Crippen LogP contribution in [0.4, 0.5) is 11.4 Å². The van der Waals surface area contributed by atoms with E-state index in [1.54, 1.807) is 0 Å². The third kappa shape index (κ3) is 3.34. The molecular weight excluding hydrogens is 329 g/mol. The molecular formula is C14H7Cl2N3O3. The van der Waals surface area contributed by atoms with E-state index < -0.39 is 10.8 Å². The number of nitro groups is 1. The number of nitro benzene ring substituents is 1. The van der Waals surface area contributed by atoms with Gasteiger partial charge in [0.2, 0.25) is 0 Å². The number of carbonyl (C=O) groups is 1. The van der Waals surface area contributed by atoms with Crippen molar-refractivity contribution in [3.05, 3.63) is 67.7 Å². The van der Waals surface area contributed by atoms with E-state index in [9.17, 15) is 14.9 Å². The van der Waals surface area contributed by atoms with Gasteiger partial charge >= 0.3 is 0 Å². The highest BCUT2D eigenvalue weighted by Crippen LogP contribution is 2.24. The van der Waals surface area contributed by atoms with Crippen molar-refractivity contribution >= 4 is 40.5 Å². The minimum Gasteiger partial charge on any atom is -0.322 e. The minimum atomic E-state index is -0.605. The molecule has 0 aromatic heterocycles. The number of benzene rings is 2. The number of hydrogen-bond donors (Lipinski definition) is 1. The molecule has 0 aliphatic carbocycles. The molecule has 1 N–H and O–H groups in total. The number of nitrogens with one attached hydrogen (secondary N) is 1. The average molecular weight is 336 g/mol. The molecule has 22 heavy (non-hydrogen) atoms. The van der Waals surface area contributed by atoms with E-state index in [0.29, 0.717) is 5.69 Å². The van der Waals surface area contributed by atoms with Crippen molar-refractivity contribution in [3.8, 4) is 6.07 Å². The Bertz CT molecular complexity index is 815. The largest absolute Gasteiger partial charge is 0.322 e. The Balaban J connectivity index is 2.26. The molecule has 8 heteroatoms. The van der Waals surface area contributed by atoms with Gasteiger partial charge in [0.25, 0.3) is 11.6 Å². The summed E-state index contributed by atoms with van der Waals surface area (Å²) in [5.74, 6) is -0.550. The lowest BCUT2D eigenvalue weighted by Gasteiger charge is -2.07. The minimum absolute atomic E-state index is 0.0406. The Hall–Kier alpha value is -2.62. The summed E-state index contributed by atoms with van der Waals surface area (Å²) in [5, 5.41) is 22.3. The smallest absolute Gasteiger partial charge is 0.270 e. The molecule has 6 nitrogen and oxygen atoms in total. The number of amides is 1. The van der Waals surface area contributed by atoms with Gasteiger partial charge in [0.05, 0.1) is 26.1 Å². The van der Waals surface area contributed by atoms with Crippen LogP contribution in [0.1, 0.15) is 15.9 Å². The molecule has 2 aromatic carbocycles. The maximum Gasteiger partial charge on any atom is 0.270 e. The molecule has 0 bridgehead atoms. The van der Waals surface area contributed by atoms with Crippen molar-refractivity contribution in [1.82, 2.24) is 0 Å². The normalized spacial score (nSPS) is 9.86. The van der Waals surface area contributed by atoms with E-state index in [1.807, 2.05) is 6.07 Å². The van der Waals surface area contributed by atoms with Gasteiger partial charge in [-0.2, -0.15) is 5.26 Å². The summed E-state index contributed by atoms with van der Waals surface area (Å²) in [6.45, 7) is 0. The monoisotopic (exact) mass is 335 g/mol. The summed E-state index contributed by atoms with van der Waals surface area (Å²) in [6.07, 6.45) is 0. The maximum absolute atomic E-state index is 12.1. The van der Waals surface area contributed by atoms with Crippen LogP contribution in [0.2, 0.25) is 10.0 Å². The molecule has 0 saturated heterocycles. The second-order valence-electron chi connectivity index (χ2n) is 4.18. The van der Waals surface area contributed by atoms with Crippen LogP contribution >= 0.6 is 23.2 Å². The number of hydrogen-bond acceptors (Lipinski definition) is 4. The number of carbonyl (C=O) groups excluding carboxylic acids is 1. The third-order valence-electron chi connectivity index (χ3n) is 2.75. The van der Waals surface area contributed by atoms with E-state index in [1.165, 1.54) is 30.3 Å². The van der Waals surface area contributed by atoms with Crippen LogP contribution < -0.4 is 5.32 Å². The summed E-state index contributed by atoms with van der Waals surface area (Å²) in [7, 11) is 0. The first kappa shape index (κ1) is 15.8. The van der Waals surface area contributed by atoms with Crippen LogP contribution in [-0.2, 0) is 0 Å². The Morgan fingerprint density at radius 2 is 1.91 bits per heavy atom. The Morgan fingerprint density at radius 1 is 1.18 bits per heavy atom. The molecule has 0 aliphatic heterocycles. The Labute approximate surface area is 135 Å². The van der Waals surface area contributed by atoms with Crippen LogP contribution in [0, 0.1) is 21.4 Å². The molecule has 0 aliphatic rings. The van der Waals surface area contributed by atoms with Crippen molar-refractivity contribution in [2.75, 3.05) is 5.32 Å². The number of rotatable bonds is 3. The van der Waals surface area contributed by atoms with E-state index in [4.69, 9.17) is 28.5 Å². The number of halogens is 2. The highest BCUT2D eigenvalue weighted by atomic mass is 35.5. The summed E-state index contributed by atoms with van der Waals surface area (Å²) in [5.41, 5.74) is 0.454. The lowest BCUT2D eigenvalue weighted by molar-refractivity contribution is -0.384. The molecule has 0 fully saturated rings. The van der Waals surface area contributed by atoms with Gasteiger partial charge in [-0.1, -0.05) is 23.2 Å². The van der Waals surface area contributed by atoms with E-state index in [0.717, 1.165) is 6.07 Å². The molecule has 2 rings (SSSR count). The zero-order chi connectivity index (χ0) is 16.3. The zero-order valence-corrected chi connectivity index (χ0v) is 12.4. The van der Waals surface area contributed by atoms with Gasteiger partial charge in [0.1, 0.15) is 6.07 Å². The van der Waals surface area contributed by atoms with Crippen LogP contribution in [0.5, 0.6) is 0 Å². The molecule has 0 atom stereocenters. The van der Waals surface area contributed by atoms with Gasteiger partial charge in [0.15, 0.2) is 0 Å². The first-order valence-electron chi connectivity index (χ1n) is 5.87. The maximum atomic E-state index is 12.1. The van der Waals surface area contributed by atoms with Gasteiger partial charge < -0.3 is 5.32 Å². The zero-order valence-electron chi connectivity index (χ0n) is 10.8. The van der Waals surface area contributed by atoms with Gasteiger partial charge in [0, 0.05) is 17.8 Å². The molecule has 110 valence electrons. The standard InChI is InChI=1S/C14H7Cl2N3O3/c15-12-4-1-9(5-8(12)7-17)18-14(20)11-3-2-10(19(21)22)6-13(11)16/h1-6H,(H,18,20). The van der Waals surface area contributed by atoms with Crippen molar-refractivity contribution in [2.24, 2.45) is 0 Å². The summed E-state index contributed by atoms with van der Waals surface area (Å²) < 4.78 is 0. The van der Waals surface area contributed by atoms with Gasteiger partial charge in [-0.25, -0.2) is 0 Å². The fraction of sp³-hybridized carbons (Fsp3) is 0. The molecule has 2 aromatic rings. The van der Waals surface area contributed by atoms with Crippen molar-refractivity contribution in [3.63, 3.8) is 0 Å².